The van der Waals surface area contributed by atoms with Gasteiger partial charge in [0.2, 0.25) is 5.88 Å². The number of fused-ring (bicyclic) bond motifs is 1. The molecule has 0 aromatic heterocycles. The van der Waals surface area contributed by atoms with Crippen molar-refractivity contribution in [2.24, 2.45) is 5.73 Å². The number of benzene rings is 3. The Labute approximate surface area is 228 Å². The van der Waals surface area contributed by atoms with E-state index in [1.54, 1.807) is 25.1 Å². The molecule has 0 fully saturated rings. The number of ether oxygens (including phenoxy) is 5. The number of hydrogen-bond acceptors (Lipinski definition) is 8. The minimum Gasteiger partial charge on any atom is -0.490 e. The second-order valence-corrected chi connectivity index (χ2v) is 8.88. The summed E-state index contributed by atoms with van der Waals surface area (Å²) in [6.45, 7) is 8.44. The quantitative estimate of drug-likeness (QED) is 0.266. The Balaban J connectivity index is 1.58. The van der Waals surface area contributed by atoms with Gasteiger partial charge >= 0.3 is 5.97 Å². The second kappa shape index (κ2) is 12.3. The smallest absolute Gasteiger partial charge is 0.352 e. The number of nitrogens with zero attached hydrogens (tertiary/aromatic N) is 1. The van der Waals surface area contributed by atoms with Crippen molar-refractivity contribution in [1.29, 1.82) is 5.26 Å². The molecule has 1 aliphatic heterocycles. The zero-order valence-electron chi connectivity index (χ0n) is 22.5. The molecular weight excluding hydrogens is 496 g/mol. The molecule has 8 nitrogen and oxygen atoms in total. The lowest BCUT2D eigenvalue weighted by Crippen LogP contribution is -2.28. The highest BCUT2D eigenvalue weighted by molar-refractivity contribution is 5.77. The van der Waals surface area contributed by atoms with Crippen LogP contribution in [0.5, 0.6) is 28.7 Å². The van der Waals surface area contributed by atoms with Gasteiger partial charge in [0.1, 0.15) is 28.9 Å². The monoisotopic (exact) mass is 528 g/mol. The number of allylic oxidation sites excluding steroid dienone is 1. The lowest BCUT2D eigenvalue weighted by Gasteiger charge is -2.27. The molecule has 202 valence electrons. The van der Waals surface area contributed by atoms with E-state index in [2.05, 4.69) is 13.0 Å². The fourth-order valence-electron chi connectivity index (χ4n) is 4.34. The molecule has 2 N–H and O–H groups in total. The Hall–Kier alpha value is -4.64. The second-order valence-electron chi connectivity index (χ2n) is 8.88. The van der Waals surface area contributed by atoms with Gasteiger partial charge in [-0.3, -0.25) is 0 Å². The minimum absolute atomic E-state index is 0.0162. The minimum atomic E-state index is -0.835. The Morgan fingerprint density at radius 2 is 1.67 bits per heavy atom. The van der Waals surface area contributed by atoms with E-state index in [9.17, 15) is 10.1 Å². The van der Waals surface area contributed by atoms with Crippen LogP contribution in [0.1, 0.15) is 50.3 Å². The summed E-state index contributed by atoms with van der Waals surface area (Å²) in [5.41, 5.74) is 9.10. The lowest BCUT2D eigenvalue weighted by atomic mass is 9.83. The zero-order valence-corrected chi connectivity index (χ0v) is 22.5. The van der Waals surface area contributed by atoms with Gasteiger partial charge in [-0.1, -0.05) is 31.2 Å². The summed E-state index contributed by atoms with van der Waals surface area (Å²) in [5, 5.41) is 9.91. The summed E-state index contributed by atoms with van der Waals surface area (Å²) in [7, 11) is 0. The molecule has 0 bridgehead atoms. The van der Waals surface area contributed by atoms with Crippen molar-refractivity contribution >= 4 is 5.97 Å². The van der Waals surface area contributed by atoms with Crippen LogP contribution in [-0.2, 0) is 11.2 Å². The van der Waals surface area contributed by atoms with Crippen molar-refractivity contribution in [3.63, 3.8) is 0 Å². The van der Waals surface area contributed by atoms with Crippen LogP contribution in [0.2, 0.25) is 0 Å². The van der Waals surface area contributed by atoms with E-state index in [1.807, 2.05) is 56.3 Å². The summed E-state index contributed by atoms with van der Waals surface area (Å²) < 4.78 is 28.6. The standard InChI is InChI=1S/C31H32N2O6/c1-5-20-8-11-22(12-9-20)37-19(4)31(34)38-23-13-14-24-27(17-23)39-30(33)25(18-32)29(24)21-10-15-26(35-6-2)28(16-21)36-7-3/h8-17,19,29H,5-7,33H2,1-4H3. The molecule has 4 rings (SSSR count). The highest BCUT2D eigenvalue weighted by Gasteiger charge is 2.32. The normalized spacial score (nSPS) is 14.9. The van der Waals surface area contributed by atoms with Gasteiger partial charge in [-0.25, -0.2) is 4.79 Å². The van der Waals surface area contributed by atoms with Crippen LogP contribution < -0.4 is 29.4 Å². The number of nitrogens with two attached hydrogens (primary N) is 1. The van der Waals surface area contributed by atoms with Crippen molar-refractivity contribution in [1.82, 2.24) is 0 Å². The third-order valence-electron chi connectivity index (χ3n) is 6.29. The summed E-state index contributed by atoms with van der Waals surface area (Å²) in [6, 6.07) is 20.3. The van der Waals surface area contributed by atoms with E-state index in [-0.39, 0.29) is 17.2 Å². The van der Waals surface area contributed by atoms with E-state index in [1.165, 1.54) is 5.56 Å². The molecule has 0 aliphatic carbocycles. The zero-order chi connectivity index (χ0) is 27.9. The molecule has 3 aromatic rings. The van der Waals surface area contributed by atoms with Gasteiger partial charge in [-0.2, -0.15) is 5.26 Å². The number of rotatable bonds is 10. The van der Waals surface area contributed by atoms with Crippen molar-refractivity contribution in [2.45, 2.75) is 46.1 Å². The fourth-order valence-corrected chi connectivity index (χ4v) is 4.34. The summed E-state index contributed by atoms with van der Waals surface area (Å²) >= 11 is 0. The highest BCUT2D eigenvalue weighted by atomic mass is 16.6. The summed E-state index contributed by atoms with van der Waals surface area (Å²) in [5.74, 6) is 1.34. The largest absolute Gasteiger partial charge is 0.490 e. The average molecular weight is 529 g/mol. The lowest BCUT2D eigenvalue weighted by molar-refractivity contribution is -0.141. The number of hydrogen-bond donors (Lipinski definition) is 1. The Morgan fingerprint density at radius 1 is 0.974 bits per heavy atom. The number of carbonyl (C=O) groups excluding carboxylic acids is 1. The first-order valence-corrected chi connectivity index (χ1v) is 13.0. The molecule has 0 saturated heterocycles. The molecule has 0 saturated carbocycles. The van der Waals surface area contributed by atoms with Crippen LogP contribution in [0.4, 0.5) is 0 Å². The molecule has 0 amide bonds. The van der Waals surface area contributed by atoms with E-state index in [4.69, 9.17) is 29.4 Å². The van der Waals surface area contributed by atoms with Crippen LogP contribution >= 0.6 is 0 Å². The van der Waals surface area contributed by atoms with Crippen molar-refractivity contribution in [3.05, 3.63) is 88.8 Å². The molecular formula is C31H32N2O6. The topological polar surface area (TPSA) is 113 Å². The summed E-state index contributed by atoms with van der Waals surface area (Å²) in [6.07, 6.45) is 0.0826. The van der Waals surface area contributed by atoms with E-state index < -0.39 is 18.0 Å². The fraction of sp³-hybridized carbons (Fsp3) is 0.290. The van der Waals surface area contributed by atoms with Crippen molar-refractivity contribution in [2.75, 3.05) is 13.2 Å². The number of nitriles is 1. The summed E-state index contributed by atoms with van der Waals surface area (Å²) in [4.78, 5) is 12.7. The maximum Gasteiger partial charge on any atom is 0.352 e. The van der Waals surface area contributed by atoms with Gasteiger partial charge in [0, 0.05) is 11.6 Å². The van der Waals surface area contributed by atoms with Gasteiger partial charge in [0.15, 0.2) is 17.6 Å². The Bertz CT molecular complexity index is 1410. The molecule has 2 unspecified atom stereocenters. The van der Waals surface area contributed by atoms with Crippen LogP contribution in [-0.4, -0.2) is 25.3 Å². The maximum absolute atomic E-state index is 12.7. The average Bonchev–Trinajstić information content (AvgIpc) is 2.93. The van der Waals surface area contributed by atoms with Crippen LogP contribution in [0, 0.1) is 11.3 Å². The number of carbonyl (C=O) groups is 1. The molecule has 0 radical (unpaired) electrons. The molecule has 1 heterocycles. The first-order valence-electron chi connectivity index (χ1n) is 13.0. The Morgan fingerprint density at radius 3 is 2.33 bits per heavy atom. The SMILES string of the molecule is CCOc1ccc(C2C(C#N)=C(N)Oc3cc(OC(=O)C(C)Oc4ccc(CC)cc4)ccc32)cc1OCC. The van der Waals surface area contributed by atoms with Crippen molar-refractivity contribution < 1.29 is 28.5 Å². The van der Waals surface area contributed by atoms with E-state index in [0.29, 0.717) is 41.8 Å². The third kappa shape index (κ3) is 6.10. The van der Waals surface area contributed by atoms with Crippen molar-refractivity contribution in [3.8, 4) is 34.8 Å². The van der Waals surface area contributed by atoms with Crippen LogP contribution in [0.25, 0.3) is 0 Å². The predicted octanol–water partition coefficient (Wildman–Crippen LogP) is 5.64. The van der Waals surface area contributed by atoms with Crippen LogP contribution in [0.15, 0.2) is 72.1 Å². The van der Waals surface area contributed by atoms with Crippen LogP contribution in [0.3, 0.4) is 0 Å². The van der Waals surface area contributed by atoms with Gasteiger partial charge < -0.3 is 29.4 Å². The molecule has 0 spiro atoms. The maximum atomic E-state index is 12.7. The predicted molar refractivity (Wildman–Crippen MR) is 146 cm³/mol. The molecule has 3 aromatic carbocycles. The molecule has 1 aliphatic rings. The van der Waals surface area contributed by atoms with Gasteiger partial charge in [0.25, 0.3) is 0 Å². The number of esters is 1. The van der Waals surface area contributed by atoms with Gasteiger partial charge in [-0.05, 0) is 68.7 Å². The first-order chi connectivity index (χ1) is 18.9. The number of aryl methyl sites for hydroxylation is 1. The van der Waals surface area contributed by atoms with E-state index >= 15 is 0 Å². The molecule has 39 heavy (non-hydrogen) atoms. The molecule has 8 heteroatoms. The van der Waals surface area contributed by atoms with Gasteiger partial charge in [0.05, 0.1) is 19.1 Å². The highest BCUT2D eigenvalue weighted by Crippen LogP contribution is 2.45. The van der Waals surface area contributed by atoms with E-state index in [0.717, 1.165) is 12.0 Å². The third-order valence-corrected chi connectivity index (χ3v) is 6.29. The van der Waals surface area contributed by atoms with Gasteiger partial charge in [-0.15, -0.1) is 0 Å². The Kier molecular flexibility index (Phi) is 8.62. The molecule has 2 atom stereocenters. The first kappa shape index (κ1) is 27.4.